The molecule has 0 N–H and O–H groups in total. The van der Waals surface area contributed by atoms with Crippen LogP contribution in [-0.4, -0.2) is 24.1 Å². The third kappa shape index (κ3) is 5.19. The molecule has 0 aliphatic rings. The predicted octanol–water partition coefficient (Wildman–Crippen LogP) is 4.23. The van der Waals surface area contributed by atoms with Crippen LogP contribution in [0.1, 0.15) is 45.1 Å². The fourth-order valence-corrected chi connectivity index (χ4v) is 3.53. The van der Waals surface area contributed by atoms with Crippen molar-refractivity contribution in [3.63, 3.8) is 0 Å². The molecule has 0 saturated carbocycles. The van der Waals surface area contributed by atoms with E-state index in [0.29, 0.717) is 22.7 Å². The van der Waals surface area contributed by atoms with E-state index in [1.54, 1.807) is 13.0 Å². The van der Waals surface area contributed by atoms with E-state index in [9.17, 15) is 13.2 Å². The molecule has 0 atom stereocenters. The van der Waals surface area contributed by atoms with Crippen LogP contribution in [0.4, 0.5) is 0 Å². The first-order valence-corrected chi connectivity index (χ1v) is 10.1. The quantitative estimate of drug-likeness (QED) is 0.289. The van der Waals surface area contributed by atoms with E-state index in [4.69, 9.17) is 16.4 Å². The summed E-state index contributed by atoms with van der Waals surface area (Å²) in [5.41, 5.74) is 0.961. The number of carbonyl (C=O) groups is 1. The summed E-state index contributed by atoms with van der Waals surface area (Å²) in [6, 6.07) is 7.51. The maximum Gasteiger partial charge on any atom is 0.335 e. The minimum Gasteiger partial charge on any atom is -0.318 e. The van der Waals surface area contributed by atoms with Crippen LogP contribution in [0.5, 0.6) is 0 Å². The zero-order valence-electron chi connectivity index (χ0n) is 14.7. The van der Waals surface area contributed by atoms with E-state index >= 15 is 0 Å². The minimum atomic E-state index is -3.72. The summed E-state index contributed by atoms with van der Waals surface area (Å²) >= 11 is 5.79. The van der Waals surface area contributed by atoms with Gasteiger partial charge < -0.3 is 4.84 Å². The Bertz CT molecular complexity index is 886. The first-order valence-electron chi connectivity index (χ1n) is 8.28. The number of hydrogen-bond acceptors (Lipinski definition) is 5. The molecule has 0 spiro atoms. The molecule has 2 aromatic rings. The number of aromatic nitrogens is 1. The van der Waals surface area contributed by atoms with Crippen LogP contribution >= 0.6 is 11.6 Å². The summed E-state index contributed by atoms with van der Waals surface area (Å²) in [7, 11) is -3.72. The summed E-state index contributed by atoms with van der Waals surface area (Å²) in [6.45, 7) is 3.70. The van der Waals surface area contributed by atoms with E-state index in [0.717, 1.165) is 23.2 Å². The van der Waals surface area contributed by atoms with Gasteiger partial charge in [-0.05, 0) is 43.7 Å². The van der Waals surface area contributed by atoms with Gasteiger partial charge in [-0.25, -0.2) is 17.2 Å². The number of halogens is 1. The van der Waals surface area contributed by atoms with E-state index in [1.807, 2.05) is 0 Å². The lowest BCUT2D eigenvalue weighted by molar-refractivity contribution is -0.143. The van der Waals surface area contributed by atoms with Gasteiger partial charge in [0, 0.05) is 29.4 Å². The number of unbranched alkanes of at least 4 members (excludes halogenated alkanes) is 2. The van der Waals surface area contributed by atoms with Gasteiger partial charge >= 0.3 is 5.97 Å². The molecule has 140 valence electrons. The molecule has 6 nitrogen and oxygen atoms in total. The SMILES string of the molecule is CCCCCC(=O)O/N=C(\C)c1ccn(S(=O)(=O)c2ccc(Cl)cc2)c1. The molecule has 1 aromatic carbocycles. The van der Waals surface area contributed by atoms with Gasteiger partial charge in [-0.15, -0.1) is 0 Å². The Kier molecular flexibility index (Phi) is 6.99. The lowest BCUT2D eigenvalue weighted by Gasteiger charge is -2.05. The highest BCUT2D eigenvalue weighted by atomic mass is 35.5. The molecule has 0 saturated heterocycles. The van der Waals surface area contributed by atoms with Crippen LogP contribution in [0.3, 0.4) is 0 Å². The highest BCUT2D eigenvalue weighted by molar-refractivity contribution is 7.90. The van der Waals surface area contributed by atoms with Gasteiger partial charge in [-0.2, -0.15) is 0 Å². The third-order valence-electron chi connectivity index (χ3n) is 3.74. The second-order valence-electron chi connectivity index (χ2n) is 5.79. The maximum atomic E-state index is 12.6. The Morgan fingerprint density at radius 1 is 1.19 bits per heavy atom. The van der Waals surface area contributed by atoms with Crippen molar-refractivity contribution in [1.29, 1.82) is 0 Å². The molecule has 0 radical (unpaired) electrons. The predicted molar refractivity (Wildman–Crippen MR) is 101 cm³/mol. The van der Waals surface area contributed by atoms with Crippen LogP contribution in [0.2, 0.25) is 5.02 Å². The number of benzene rings is 1. The van der Waals surface area contributed by atoms with E-state index in [2.05, 4.69) is 12.1 Å². The van der Waals surface area contributed by atoms with Gasteiger partial charge in [0.1, 0.15) is 0 Å². The molecule has 0 unspecified atom stereocenters. The number of hydrogen-bond donors (Lipinski definition) is 0. The largest absolute Gasteiger partial charge is 0.335 e. The summed E-state index contributed by atoms with van der Waals surface area (Å²) in [4.78, 5) is 16.6. The fraction of sp³-hybridized carbons (Fsp3) is 0.333. The van der Waals surface area contributed by atoms with E-state index in [1.165, 1.54) is 36.7 Å². The second kappa shape index (κ2) is 9.00. The van der Waals surface area contributed by atoms with Crippen molar-refractivity contribution in [2.45, 2.75) is 44.4 Å². The third-order valence-corrected chi connectivity index (χ3v) is 5.65. The molecule has 0 aliphatic heterocycles. The molecular weight excluding hydrogens is 376 g/mol. The number of nitrogens with zero attached hydrogens (tertiary/aromatic N) is 2. The van der Waals surface area contributed by atoms with Crippen LogP contribution < -0.4 is 0 Å². The average molecular weight is 397 g/mol. The van der Waals surface area contributed by atoms with Crippen LogP contribution in [-0.2, 0) is 19.7 Å². The van der Waals surface area contributed by atoms with Gasteiger partial charge in [0.25, 0.3) is 10.0 Å². The zero-order valence-corrected chi connectivity index (χ0v) is 16.3. The normalized spacial score (nSPS) is 12.2. The van der Waals surface area contributed by atoms with Crippen molar-refractivity contribution in [1.82, 2.24) is 3.97 Å². The molecule has 1 aromatic heterocycles. The molecule has 1 heterocycles. The molecule has 8 heteroatoms. The molecule has 0 fully saturated rings. The summed E-state index contributed by atoms with van der Waals surface area (Å²) in [5.74, 6) is -0.397. The van der Waals surface area contributed by atoms with Crippen molar-refractivity contribution in [3.05, 3.63) is 53.3 Å². The fourth-order valence-electron chi connectivity index (χ4n) is 2.21. The van der Waals surface area contributed by atoms with Crippen LogP contribution in [0.25, 0.3) is 0 Å². The van der Waals surface area contributed by atoms with E-state index < -0.39 is 16.0 Å². The Balaban J connectivity index is 2.09. The number of rotatable bonds is 8. The van der Waals surface area contributed by atoms with Crippen molar-refractivity contribution < 1.29 is 18.0 Å². The smallest absolute Gasteiger partial charge is 0.318 e. The van der Waals surface area contributed by atoms with Crippen LogP contribution in [0.15, 0.2) is 52.8 Å². The van der Waals surface area contributed by atoms with E-state index in [-0.39, 0.29) is 4.90 Å². The van der Waals surface area contributed by atoms with Crippen molar-refractivity contribution >= 4 is 33.3 Å². The number of oxime groups is 1. The number of carbonyl (C=O) groups excluding carboxylic acids is 1. The van der Waals surface area contributed by atoms with Crippen molar-refractivity contribution in [3.8, 4) is 0 Å². The van der Waals surface area contributed by atoms with Gasteiger partial charge in [-0.3, -0.25) is 0 Å². The zero-order chi connectivity index (χ0) is 19.2. The minimum absolute atomic E-state index is 0.126. The second-order valence-corrected chi connectivity index (χ2v) is 8.07. The molecule has 0 bridgehead atoms. The average Bonchev–Trinajstić information content (AvgIpc) is 3.11. The highest BCUT2D eigenvalue weighted by Crippen LogP contribution is 2.18. The maximum absolute atomic E-state index is 12.6. The van der Waals surface area contributed by atoms with Gasteiger partial charge in [0.05, 0.1) is 10.6 Å². The van der Waals surface area contributed by atoms with Crippen molar-refractivity contribution in [2.24, 2.45) is 5.16 Å². The first-order chi connectivity index (χ1) is 12.3. The van der Waals surface area contributed by atoms with Gasteiger partial charge in [0.15, 0.2) is 0 Å². The molecular formula is C18H21ClN2O4S. The first kappa shape index (κ1) is 20.2. The van der Waals surface area contributed by atoms with Gasteiger partial charge in [0.2, 0.25) is 0 Å². The summed E-state index contributed by atoms with van der Waals surface area (Å²) in [5, 5.41) is 4.25. The van der Waals surface area contributed by atoms with Gasteiger partial charge in [-0.1, -0.05) is 36.5 Å². The van der Waals surface area contributed by atoms with Crippen molar-refractivity contribution in [2.75, 3.05) is 0 Å². The topological polar surface area (TPSA) is 77.7 Å². The standard InChI is InChI=1S/C18H21ClN2O4S/c1-3-4-5-6-18(22)25-20-14(2)15-11-12-21(13-15)26(23,24)17-9-7-16(19)8-10-17/h7-13H,3-6H2,1-2H3/b20-14+. The molecule has 0 aliphatic carbocycles. The Hall–Kier alpha value is -2.12. The Morgan fingerprint density at radius 3 is 2.54 bits per heavy atom. The molecule has 26 heavy (non-hydrogen) atoms. The monoisotopic (exact) mass is 396 g/mol. The Morgan fingerprint density at radius 2 is 1.88 bits per heavy atom. The molecule has 2 rings (SSSR count). The lowest BCUT2D eigenvalue weighted by Crippen LogP contribution is -2.11. The summed E-state index contributed by atoms with van der Waals surface area (Å²) < 4.78 is 26.3. The Labute approximate surface area is 158 Å². The highest BCUT2D eigenvalue weighted by Gasteiger charge is 2.17. The lowest BCUT2D eigenvalue weighted by atomic mass is 10.2. The van der Waals surface area contributed by atoms with Crippen LogP contribution in [0, 0.1) is 0 Å². The molecule has 0 amide bonds. The summed E-state index contributed by atoms with van der Waals surface area (Å²) in [6.07, 6.45) is 5.90.